The van der Waals surface area contributed by atoms with E-state index in [9.17, 15) is 13.2 Å². The zero-order valence-corrected chi connectivity index (χ0v) is 16.8. The van der Waals surface area contributed by atoms with Crippen molar-refractivity contribution in [2.45, 2.75) is 45.6 Å². The number of sulfonamides is 1. The van der Waals surface area contributed by atoms with Gasteiger partial charge in [-0.05, 0) is 37.5 Å². The second kappa shape index (κ2) is 9.87. The van der Waals surface area contributed by atoms with Gasteiger partial charge in [-0.15, -0.1) is 0 Å². The van der Waals surface area contributed by atoms with Gasteiger partial charge in [0.15, 0.2) is 0 Å². The van der Waals surface area contributed by atoms with Gasteiger partial charge in [-0.1, -0.05) is 25.4 Å². The normalized spacial score (nSPS) is 11.4. The van der Waals surface area contributed by atoms with E-state index in [0.717, 1.165) is 19.1 Å². The van der Waals surface area contributed by atoms with Crippen molar-refractivity contribution in [2.24, 2.45) is 0 Å². The first-order valence-electron chi connectivity index (χ1n) is 8.33. The second-order valence-corrected chi connectivity index (χ2v) is 8.15. The third-order valence-corrected chi connectivity index (χ3v) is 5.43. The predicted molar refractivity (Wildman–Crippen MR) is 102 cm³/mol. The number of amides is 1. The lowest BCUT2D eigenvalue weighted by Gasteiger charge is -2.23. The summed E-state index contributed by atoms with van der Waals surface area (Å²) in [4.78, 5) is 12.0. The van der Waals surface area contributed by atoms with Gasteiger partial charge in [0.2, 0.25) is 15.9 Å². The Morgan fingerprint density at radius 1 is 1.32 bits per heavy atom. The molecule has 1 rings (SSSR count). The van der Waals surface area contributed by atoms with Crippen molar-refractivity contribution in [2.75, 3.05) is 24.2 Å². The van der Waals surface area contributed by atoms with Crippen LogP contribution < -0.4 is 14.4 Å². The van der Waals surface area contributed by atoms with Gasteiger partial charge in [0, 0.05) is 19.0 Å². The van der Waals surface area contributed by atoms with Crippen LogP contribution in [0.2, 0.25) is 5.02 Å². The third kappa shape index (κ3) is 6.74. The number of hydrogen-bond acceptors (Lipinski definition) is 4. The molecule has 1 amide bonds. The summed E-state index contributed by atoms with van der Waals surface area (Å²) in [5.41, 5.74) is 0.453. The van der Waals surface area contributed by atoms with E-state index in [1.54, 1.807) is 18.2 Å². The number of ether oxygens (including phenoxy) is 1. The molecule has 0 saturated carbocycles. The van der Waals surface area contributed by atoms with Gasteiger partial charge in [-0.3, -0.25) is 9.10 Å². The molecule has 0 saturated heterocycles. The lowest BCUT2D eigenvalue weighted by molar-refractivity contribution is -0.121. The fourth-order valence-electron chi connectivity index (χ4n) is 2.47. The summed E-state index contributed by atoms with van der Waals surface area (Å²) in [7, 11) is -1.99. The lowest BCUT2D eigenvalue weighted by Crippen LogP contribution is -2.35. The topological polar surface area (TPSA) is 75.7 Å². The number of carbonyl (C=O) groups is 1. The maximum Gasteiger partial charge on any atom is 0.232 e. The van der Waals surface area contributed by atoms with Crippen molar-refractivity contribution in [1.29, 1.82) is 0 Å². The minimum absolute atomic E-state index is 0.0603. The van der Waals surface area contributed by atoms with Gasteiger partial charge in [-0.25, -0.2) is 8.42 Å². The molecule has 0 spiro atoms. The van der Waals surface area contributed by atoms with Crippen LogP contribution in [0.3, 0.4) is 0 Å². The number of rotatable bonds is 10. The van der Waals surface area contributed by atoms with E-state index in [-0.39, 0.29) is 24.9 Å². The Kier molecular flexibility index (Phi) is 8.52. The smallest absolute Gasteiger partial charge is 0.232 e. The molecule has 25 heavy (non-hydrogen) atoms. The molecule has 142 valence electrons. The Labute approximate surface area is 155 Å². The molecule has 1 N–H and O–H groups in total. The zero-order valence-electron chi connectivity index (χ0n) is 15.2. The lowest BCUT2D eigenvalue weighted by atomic mass is 10.1. The first kappa shape index (κ1) is 21.6. The highest BCUT2D eigenvalue weighted by Gasteiger charge is 2.19. The fraction of sp³-hybridized carbons (Fsp3) is 0.588. The highest BCUT2D eigenvalue weighted by Crippen LogP contribution is 2.30. The molecule has 0 bridgehead atoms. The van der Waals surface area contributed by atoms with Crippen LogP contribution >= 0.6 is 11.6 Å². The average molecular weight is 391 g/mol. The number of hydrogen-bond donors (Lipinski definition) is 1. The maximum atomic E-state index is 12.1. The summed E-state index contributed by atoms with van der Waals surface area (Å²) in [5.74, 6) is 0.415. The van der Waals surface area contributed by atoms with Crippen molar-refractivity contribution >= 4 is 33.2 Å². The van der Waals surface area contributed by atoms with E-state index in [4.69, 9.17) is 16.3 Å². The summed E-state index contributed by atoms with van der Waals surface area (Å²) in [5, 5.41) is 3.28. The number of benzene rings is 1. The highest BCUT2D eigenvalue weighted by molar-refractivity contribution is 7.92. The Morgan fingerprint density at radius 2 is 1.96 bits per heavy atom. The van der Waals surface area contributed by atoms with Gasteiger partial charge < -0.3 is 10.1 Å². The van der Waals surface area contributed by atoms with Crippen LogP contribution in [-0.2, 0) is 14.8 Å². The molecule has 0 aliphatic heterocycles. The highest BCUT2D eigenvalue weighted by atomic mass is 35.5. The van der Waals surface area contributed by atoms with Crippen molar-refractivity contribution in [3.63, 3.8) is 0 Å². The molecule has 8 heteroatoms. The van der Waals surface area contributed by atoms with Crippen molar-refractivity contribution in [3.8, 4) is 5.75 Å². The first-order valence-corrected chi connectivity index (χ1v) is 10.6. The second-order valence-electron chi connectivity index (χ2n) is 5.84. The molecular formula is C17H27ClN2O4S. The van der Waals surface area contributed by atoms with Crippen LogP contribution in [0, 0.1) is 0 Å². The summed E-state index contributed by atoms with van der Waals surface area (Å²) in [6.45, 7) is 4.25. The third-order valence-electron chi connectivity index (χ3n) is 3.94. The van der Waals surface area contributed by atoms with Gasteiger partial charge in [0.05, 0.1) is 24.1 Å². The molecule has 1 aromatic rings. The number of halogens is 1. The molecule has 0 fully saturated rings. The standard InChI is InChI=1S/C17H27ClN2O4S/c1-5-13(6-2)19-17(21)8-7-11-20(25(4,22)23)14-9-10-16(24-3)15(18)12-14/h9-10,12-13H,5-8,11H2,1-4H3,(H,19,21). The van der Waals surface area contributed by atoms with Crippen LogP contribution in [0.5, 0.6) is 5.75 Å². The molecule has 0 aliphatic carbocycles. The largest absolute Gasteiger partial charge is 0.495 e. The Hall–Kier alpha value is -1.47. The molecule has 0 unspecified atom stereocenters. The number of methoxy groups -OCH3 is 1. The molecule has 6 nitrogen and oxygen atoms in total. The average Bonchev–Trinajstić information content (AvgIpc) is 2.55. The van der Waals surface area contributed by atoms with E-state index in [0.29, 0.717) is 22.9 Å². The molecule has 0 aliphatic rings. The van der Waals surface area contributed by atoms with Gasteiger partial charge in [-0.2, -0.15) is 0 Å². The molecule has 0 heterocycles. The summed E-state index contributed by atoms with van der Waals surface area (Å²) in [6.07, 6.45) is 3.58. The molecular weight excluding hydrogens is 364 g/mol. The zero-order chi connectivity index (χ0) is 19.0. The number of nitrogens with one attached hydrogen (secondary N) is 1. The number of carbonyl (C=O) groups excluding carboxylic acids is 1. The van der Waals surface area contributed by atoms with E-state index in [1.165, 1.54) is 11.4 Å². The SMILES string of the molecule is CCC(CC)NC(=O)CCCN(c1ccc(OC)c(Cl)c1)S(C)(=O)=O. The molecule has 1 aromatic carbocycles. The minimum atomic E-state index is -3.48. The monoisotopic (exact) mass is 390 g/mol. The van der Waals surface area contributed by atoms with Gasteiger partial charge >= 0.3 is 0 Å². The summed E-state index contributed by atoms with van der Waals surface area (Å²) in [6, 6.07) is 4.97. The van der Waals surface area contributed by atoms with Crippen LogP contribution in [0.1, 0.15) is 39.5 Å². The van der Waals surface area contributed by atoms with Crippen LogP contribution in [0.25, 0.3) is 0 Å². The fourth-order valence-corrected chi connectivity index (χ4v) is 3.68. The molecule has 0 atom stereocenters. The van der Waals surface area contributed by atoms with Gasteiger partial charge in [0.1, 0.15) is 5.75 Å². The Bertz CT molecular complexity index is 675. The summed E-state index contributed by atoms with van der Waals surface area (Å²) >= 11 is 6.09. The van der Waals surface area contributed by atoms with E-state index in [2.05, 4.69) is 5.32 Å². The minimum Gasteiger partial charge on any atom is -0.495 e. The quantitative estimate of drug-likeness (QED) is 0.665. The first-order chi connectivity index (χ1) is 11.7. The van der Waals surface area contributed by atoms with Crippen LogP contribution in [-0.4, -0.2) is 40.3 Å². The Morgan fingerprint density at radius 3 is 2.44 bits per heavy atom. The predicted octanol–water partition coefficient (Wildman–Crippen LogP) is 3.20. The summed E-state index contributed by atoms with van der Waals surface area (Å²) < 4.78 is 30.5. The van der Waals surface area contributed by atoms with E-state index >= 15 is 0 Å². The van der Waals surface area contributed by atoms with E-state index < -0.39 is 10.0 Å². The van der Waals surface area contributed by atoms with E-state index in [1.807, 2.05) is 13.8 Å². The van der Waals surface area contributed by atoms with Crippen molar-refractivity contribution < 1.29 is 17.9 Å². The molecule has 0 aromatic heterocycles. The van der Waals surface area contributed by atoms with Crippen molar-refractivity contribution in [3.05, 3.63) is 23.2 Å². The van der Waals surface area contributed by atoms with Gasteiger partial charge in [0.25, 0.3) is 0 Å². The molecule has 0 radical (unpaired) electrons. The maximum absolute atomic E-state index is 12.1. The van der Waals surface area contributed by atoms with Crippen molar-refractivity contribution in [1.82, 2.24) is 5.32 Å². The number of anilines is 1. The van der Waals surface area contributed by atoms with Crippen LogP contribution in [0.15, 0.2) is 18.2 Å². The number of nitrogens with zero attached hydrogens (tertiary/aromatic N) is 1. The Balaban J connectivity index is 2.76. The van der Waals surface area contributed by atoms with Crippen LogP contribution in [0.4, 0.5) is 5.69 Å².